The van der Waals surface area contributed by atoms with Gasteiger partial charge in [-0.05, 0) is 38.1 Å². The molecule has 0 saturated heterocycles. The lowest BCUT2D eigenvalue weighted by Crippen LogP contribution is -2.20. The third-order valence-corrected chi connectivity index (χ3v) is 4.29. The first kappa shape index (κ1) is 22.1. The van der Waals surface area contributed by atoms with Gasteiger partial charge in [0.1, 0.15) is 5.69 Å². The van der Waals surface area contributed by atoms with E-state index >= 15 is 0 Å². The highest BCUT2D eigenvalue weighted by Crippen LogP contribution is 2.40. The Hall–Kier alpha value is -3.59. The molecule has 0 radical (unpaired) electrons. The molecule has 2 N–H and O–H groups in total. The van der Waals surface area contributed by atoms with Crippen molar-refractivity contribution in [2.24, 2.45) is 0 Å². The number of rotatable bonds is 9. The Morgan fingerprint density at radius 1 is 1.06 bits per heavy atom. The van der Waals surface area contributed by atoms with E-state index in [0.29, 0.717) is 23.6 Å². The van der Waals surface area contributed by atoms with Crippen molar-refractivity contribution in [2.75, 3.05) is 25.1 Å². The van der Waals surface area contributed by atoms with Crippen LogP contribution in [0.25, 0.3) is 11.3 Å². The predicted octanol–water partition coefficient (Wildman–Crippen LogP) is 3.72. The molecule has 0 aliphatic heterocycles. The highest BCUT2D eigenvalue weighted by atomic mass is 35.5. The van der Waals surface area contributed by atoms with Crippen LogP contribution in [-0.4, -0.2) is 47.1 Å². The number of carbonyl (C=O) groups is 2. The maximum atomic E-state index is 12.2. The molecule has 162 valence electrons. The Morgan fingerprint density at radius 3 is 2.55 bits per heavy atom. The molecule has 0 atom stereocenters. The molecule has 3 aromatic rings. The molecule has 0 aliphatic rings. The Kier molecular flexibility index (Phi) is 7.45. The molecule has 1 amide bonds. The first-order chi connectivity index (χ1) is 15.0. The summed E-state index contributed by atoms with van der Waals surface area (Å²) in [6.45, 7) is 3.75. The monoisotopic (exact) mass is 444 g/mol. The van der Waals surface area contributed by atoms with Crippen LogP contribution in [-0.2, 0) is 9.53 Å². The number of hydrogen-bond donors (Lipinski definition) is 2. The lowest BCUT2D eigenvalue weighted by atomic mass is 10.1. The van der Waals surface area contributed by atoms with Gasteiger partial charge in [-0.3, -0.25) is 4.79 Å². The van der Waals surface area contributed by atoms with Gasteiger partial charge in [0, 0.05) is 11.3 Å². The number of carbonyl (C=O) groups excluding carboxylic acids is 2. The molecule has 0 spiro atoms. The SMILES string of the molecule is CCOC(=O)c1n[nH]nc1-c1cc(Cl)c(OCC(=O)Nc2ccccc2)c(OCC)c1. The van der Waals surface area contributed by atoms with E-state index in [4.69, 9.17) is 25.8 Å². The van der Waals surface area contributed by atoms with Crippen LogP contribution >= 0.6 is 11.6 Å². The molecule has 0 bridgehead atoms. The second-order valence-electron chi connectivity index (χ2n) is 6.16. The lowest BCUT2D eigenvalue weighted by molar-refractivity contribution is -0.118. The number of amides is 1. The maximum absolute atomic E-state index is 12.2. The summed E-state index contributed by atoms with van der Waals surface area (Å²) in [6, 6.07) is 12.2. The quantitative estimate of drug-likeness (QED) is 0.483. The number of nitrogens with zero attached hydrogens (tertiary/aromatic N) is 2. The minimum Gasteiger partial charge on any atom is -0.490 e. The van der Waals surface area contributed by atoms with E-state index in [1.165, 1.54) is 0 Å². The Labute approximate surface area is 183 Å². The van der Waals surface area contributed by atoms with Crippen molar-refractivity contribution < 1.29 is 23.8 Å². The van der Waals surface area contributed by atoms with Crippen LogP contribution in [0, 0.1) is 0 Å². The van der Waals surface area contributed by atoms with E-state index in [1.54, 1.807) is 38.1 Å². The Balaban J connectivity index is 1.82. The number of hydrogen-bond acceptors (Lipinski definition) is 7. The fourth-order valence-electron chi connectivity index (χ4n) is 2.74. The van der Waals surface area contributed by atoms with E-state index in [-0.39, 0.29) is 41.3 Å². The van der Waals surface area contributed by atoms with E-state index < -0.39 is 5.97 Å². The topological polar surface area (TPSA) is 115 Å². The smallest absolute Gasteiger partial charge is 0.361 e. The van der Waals surface area contributed by atoms with E-state index in [2.05, 4.69) is 20.7 Å². The van der Waals surface area contributed by atoms with Gasteiger partial charge in [-0.2, -0.15) is 10.3 Å². The molecule has 0 saturated carbocycles. The van der Waals surface area contributed by atoms with Crippen LogP contribution in [0.15, 0.2) is 42.5 Å². The molecule has 1 aromatic heterocycles. The van der Waals surface area contributed by atoms with Crippen molar-refractivity contribution in [1.29, 1.82) is 0 Å². The number of benzene rings is 2. The maximum Gasteiger partial charge on any atom is 0.361 e. The van der Waals surface area contributed by atoms with Crippen LogP contribution in [0.1, 0.15) is 24.3 Å². The number of halogens is 1. The number of nitrogens with one attached hydrogen (secondary N) is 2. The summed E-state index contributed by atoms with van der Waals surface area (Å²) in [5, 5.41) is 13.2. The van der Waals surface area contributed by atoms with Crippen molar-refractivity contribution in [3.05, 3.63) is 53.2 Å². The highest BCUT2D eigenvalue weighted by molar-refractivity contribution is 6.32. The first-order valence-electron chi connectivity index (χ1n) is 9.55. The number of esters is 1. The van der Waals surface area contributed by atoms with Crippen molar-refractivity contribution in [3.63, 3.8) is 0 Å². The molecule has 3 rings (SSSR count). The standard InChI is InChI=1S/C21H21ClN4O5/c1-3-29-16-11-13(18-19(25-26-24-18)21(28)30-4-2)10-15(22)20(16)31-12-17(27)23-14-8-6-5-7-9-14/h5-11H,3-4,12H2,1-2H3,(H,23,27)(H,24,25,26). The molecule has 10 heteroatoms. The number of aromatic amines is 1. The molecule has 9 nitrogen and oxygen atoms in total. The minimum atomic E-state index is -0.613. The number of ether oxygens (including phenoxy) is 3. The summed E-state index contributed by atoms with van der Waals surface area (Å²) in [5.41, 5.74) is 1.41. The average Bonchev–Trinajstić information content (AvgIpc) is 3.24. The largest absolute Gasteiger partial charge is 0.490 e. The summed E-state index contributed by atoms with van der Waals surface area (Å²) >= 11 is 6.41. The molecule has 0 aliphatic carbocycles. The predicted molar refractivity (Wildman–Crippen MR) is 115 cm³/mol. The summed E-state index contributed by atoms with van der Waals surface area (Å²) < 4.78 is 16.3. The van der Waals surface area contributed by atoms with E-state index in [9.17, 15) is 9.59 Å². The molecule has 0 fully saturated rings. The first-order valence-corrected chi connectivity index (χ1v) is 9.93. The van der Waals surface area contributed by atoms with Crippen LogP contribution in [0.2, 0.25) is 5.02 Å². The van der Waals surface area contributed by atoms with Crippen LogP contribution in [0.4, 0.5) is 5.69 Å². The second-order valence-corrected chi connectivity index (χ2v) is 6.57. The average molecular weight is 445 g/mol. The van der Waals surface area contributed by atoms with Crippen LogP contribution in [0.5, 0.6) is 11.5 Å². The van der Waals surface area contributed by atoms with E-state index in [0.717, 1.165) is 0 Å². The van der Waals surface area contributed by atoms with Gasteiger partial charge in [-0.15, -0.1) is 5.10 Å². The third-order valence-electron chi connectivity index (χ3n) is 4.00. The molecular weight excluding hydrogens is 424 g/mol. The summed E-state index contributed by atoms with van der Waals surface area (Å²) in [4.78, 5) is 24.3. The van der Waals surface area contributed by atoms with Crippen LogP contribution < -0.4 is 14.8 Å². The van der Waals surface area contributed by atoms with Crippen molar-refractivity contribution in [3.8, 4) is 22.8 Å². The van der Waals surface area contributed by atoms with Gasteiger partial charge in [0.25, 0.3) is 5.91 Å². The molecular formula is C21H21ClN4O5. The van der Waals surface area contributed by atoms with Crippen molar-refractivity contribution in [1.82, 2.24) is 15.4 Å². The lowest BCUT2D eigenvalue weighted by Gasteiger charge is -2.15. The fraction of sp³-hybridized carbons (Fsp3) is 0.238. The summed E-state index contributed by atoms with van der Waals surface area (Å²) in [6.07, 6.45) is 0. The number of anilines is 1. The zero-order valence-electron chi connectivity index (χ0n) is 17.0. The Bertz CT molecular complexity index is 1060. The third kappa shape index (κ3) is 5.52. The molecule has 0 unspecified atom stereocenters. The minimum absolute atomic E-state index is 0.0243. The zero-order valence-corrected chi connectivity index (χ0v) is 17.7. The number of H-pyrrole nitrogens is 1. The Morgan fingerprint density at radius 2 is 1.84 bits per heavy atom. The molecule has 2 aromatic carbocycles. The van der Waals surface area contributed by atoms with Gasteiger partial charge >= 0.3 is 5.97 Å². The van der Waals surface area contributed by atoms with Gasteiger partial charge in [-0.25, -0.2) is 4.79 Å². The van der Waals surface area contributed by atoms with Gasteiger partial charge in [-0.1, -0.05) is 29.8 Å². The zero-order chi connectivity index (χ0) is 22.2. The van der Waals surface area contributed by atoms with E-state index in [1.807, 2.05) is 18.2 Å². The van der Waals surface area contributed by atoms with Crippen molar-refractivity contribution in [2.45, 2.75) is 13.8 Å². The number of para-hydroxylation sites is 1. The van der Waals surface area contributed by atoms with Gasteiger partial charge in [0.15, 0.2) is 23.8 Å². The second kappa shape index (κ2) is 10.4. The van der Waals surface area contributed by atoms with Crippen molar-refractivity contribution >= 4 is 29.2 Å². The molecule has 1 heterocycles. The van der Waals surface area contributed by atoms with Gasteiger partial charge in [0.05, 0.1) is 18.2 Å². The number of aromatic nitrogens is 3. The molecule has 31 heavy (non-hydrogen) atoms. The fourth-order valence-corrected chi connectivity index (χ4v) is 3.00. The summed E-state index contributed by atoms with van der Waals surface area (Å²) in [5.74, 6) is -0.458. The summed E-state index contributed by atoms with van der Waals surface area (Å²) in [7, 11) is 0. The van der Waals surface area contributed by atoms with Gasteiger partial charge < -0.3 is 19.5 Å². The van der Waals surface area contributed by atoms with Crippen LogP contribution in [0.3, 0.4) is 0 Å². The highest BCUT2D eigenvalue weighted by Gasteiger charge is 2.22. The normalized spacial score (nSPS) is 10.4. The van der Waals surface area contributed by atoms with Gasteiger partial charge in [0.2, 0.25) is 0 Å².